The first-order chi connectivity index (χ1) is 14.4. The fourth-order valence-corrected chi connectivity index (χ4v) is 3.03. The summed E-state index contributed by atoms with van der Waals surface area (Å²) >= 11 is 0. The molecule has 0 bridgehead atoms. The van der Waals surface area contributed by atoms with Crippen molar-refractivity contribution >= 4 is 23.3 Å². The van der Waals surface area contributed by atoms with Crippen LogP contribution >= 0.6 is 0 Å². The molecule has 30 heavy (non-hydrogen) atoms. The highest BCUT2D eigenvalue weighted by Gasteiger charge is 2.21. The number of anilines is 1. The van der Waals surface area contributed by atoms with Gasteiger partial charge in [-0.3, -0.25) is 14.9 Å². The van der Waals surface area contributed by atoms with Gasteiger partial charge in [-0.05, 0) is 42.2 Å². The van der Waals surface area contributed by atoms with Crippen molar-refractivity contribution in [3.05, 3.63) is 93.5 Å². The van der Waals surface area contributed by atoms with Gasteiger partial charge in [-0.25, -0.2) is 4.79 Å². The van der Waals surface area contributed by atoms with E-state index in [9.17, 15) is 19.7 Å². The Labute approximate surface area is 173 Å². The summed E-state index contributed by atoms with van der Waals surface area (Å²) in [5.74, 6) is -1.31. The molecule has 0 heterocycles. The number of nitro benzene ring substituents is 1. The fourth-order valence-electron chi connectivity index (χ4n) is 3.03. The number of esters is 1. The molecule has 0 spiro atoms. The molecule has 0 radical (unpaired) electrons. The molecule has 0 saturated carbocycles. The van der Waals surface area contributed by atoms with Gasteiger partial charge in [0.2, 0.25) is 0 Å². The van der Waals surface area contributed by atoms with Gasteiger partial charge in [0.1, 0.15) is 5.69 Å². The van der Waals surface area contributed by atoms with Gasteiger partial charge >= 0.3 is 5.97 Å². The zero-order valence-corrected chi connectivity index (χ0v) is 16.5. The maximum absolute atomic E-state index is 12.6. The van der Waals surface area contributed by atoms with Gasteiger partial charge in [0.05, 0.1) is 10.5 Å². The van der Waals surface area contributed by atoms with Crippen molar-refractivity contribution in [2.45, 2.75) is 13.8 Å². The molecule has 7 nitrogen and oxygen atoms in total. The van der Waals surface area contributed by atoms with Gasteiger partial charge < -0.3 is 10.1 Å². The predicted molar refractivity (Wildman–Crippen MR) is 113 cm³/mol. The Morgan fingerprint density at radius 1 is 0.967 bits per heavy atom. The highest BCUT2D eigenvalue weighted by atomic mass is 16.6. The van der Waals surface area contributed by atoms with Crippen molar-refractivity contribution in [1.82, 2.24) is 0 Å². The first-order valence-electron chi connectivity index (χ1n) is 9.24. The summed E-state index contributed by atoms with van der Waals surface area (Å²) in [6.07, 6.45) is 0. The largest absolute Gasteiger partial charge is 0.452 e. The van der Waals surface area contributed by atoms with Crippen LogP contribution in [0, 0.1) is 24.0 Å². The van der Waals surface area contributed by atoms with Crippen molar-refractivity contribution in [3.8, 4) is 11.1 Å². The zero-order valence-electron chi connectivity index (χ0n) is 16.5. The molecular weight excluding hydrogens is 384 g/mol. The molecule has 1 amide bonds. The third kappa shape index (κ3) is 4.52. The molecule has 152 valence electrons. The number of nitrogens with zero attached hydrogens (tertiary/aromatic N) is 1. The first kappa shape index (κ1) is 20.7. The lowest BCUT2D eigenvalue weighted by Gasteiger charge is -2.12. The molecule has 0 aliphatic rings. The summed E-state index contributed by atoms with van der Waals surface area (Å²) < 4.78 is 5.17. The van der Waals surface area contributed by atoms with Crippen molar-refractivity contribution in [2.75, 3.05) is 11.9 Å². The Kier molecular flexibility index (Phi) is 6.22. The molecule has 0 aromatic heterocycles. The Hall–Kier alpha value is -4.00. The summed E-state index contributed by atoms with van der Waals surface area (Å²) in [5.41, 5.74) is 3.13. The maximum Gasteiger partial charge on any atom is 0.339 e. The smallest absolute Gasteiger partial charge is 0.339 e. The number of hydrogen-bond acceptors (Lipinski definition) is 5. The van der Waals surface area contributed by atoms with Crippen molar-refractivity contribution in [2.24, 2.45) is 0 Å². The Balaban J connectivity index is 1.74. The Morgan fingerprint density at radius 2 is 1.63 bits per heavy atom. The monoisotopic (exact) mass is 404 g/mol. The van der Waals surface area contributed by atoms with Crippen LogP contribution in [0.2, 0.25) is 0 Å². The lowest BCUT2D eigenvalue weighted by molar-refractivity contribution is -0.384. The highest BCUT2D eigenvalue weighted by Crippen LogP contribution is 2.30. The minimum absolute atomic E-state index is 0.103. The van der Waals surface area contributed by atoms with Gasteiger partial charge in [0.15, 0.2) is 6.61 Å². The van der Waals surface area contributed by atoms with E-state index in [1.54, 1.807) is 38.1 Å². The molecule has 3 aromatic carbocycles. The van der Waals surface area contributed by atoms with Crippen molar-refractivity contribution in [3.63, 3.8) is 0 Å². The van der Waals surface area contributed by atoms with E-state index in [0.29, 0.717) is 16.7 Å². The lowest BCUT2D eigenvalue weighted by Crippen LogP contribution is -2.22. The minimum Gasteiger partial charge on any atom is -0.452 e. The van der Waals surface area contributed by atoms with Crippen LogP contribution in [0.3, 0.4) is 0 Å². The molecule has 0 saturated heterocycles. The topological polar surface area (TPSA) is 98.5 Å². The molecular formula is C23H20N2O5. The second kappa shape index (κ2) is 9.00. The van der Waals surface area contributed by atoms with Crippen LogP contribution in [-0.4, -0.2) is 23.4 Å². The Bertz CT molecular complexity index is 1110. The van der Waals surface area contributed by atoms with Gasteiger partial charge in [-0.2, -0.15) is 0 Å². The standard InChI is InChI=1S/C23H20N2O5/c1-15-12-13-20(25(28)29)22(16(15)2)24-21(26)14-30-23(27)19-11-7-6-10-18(19)17-8-4-3-5-9-17/h3-13H,14H2,1-2H3,(H,24,26). The average molecular weight is 404 g/mol. The van der Waals surface area contributed by atoms with E-state index >= 15 is 0 Å². The van der Waals surface area contributed by atoms with Crippen LogP contribution in [0.4, 0.5) is 11.4 Å². The van der Waals surface area contributed by atoms with Gasteiger partial charge in [-0.15, -0.1) is 0 Å². The van der Waals surface area contributed by atoms with Gasteiger partial charge in [-0.1, -0.05) is 54.6 Å². The number of hydrogen-bond donors (Lipinski definition) is 1. The third-order valence-corrected chi connectivity index (χ3v) is 4.74. The van der Waals surface area contributed by atoms with Gasteiger partial charge in [0.25, 0.3) is 11.6 Å². The first-order valence-corrected chi connectivity index (χ1v) is 9.24. The van der Waals surface area contributed by atoms with Gasteiger partial charge in [0, 0.05) is 6.07 Å². The lowest BCUT2D eigenvalue weighted by atomic mass is 10.00. The van der Waals surface area contributed by atoms with Crippen LogP contribution in [0.1, 0.15) is 21.5 Å². The summed E-state index contributed by atoms with van der Waals surface area (Å²) in [6.45, 7) is 2.90. The number of aryl methyl sites for hydroxylation is 1. The van der Waals surface area contributed by atoms with Crippen molar-refractivity contribution < 1.29 is 19.2 Å². The molecule has 0 unspecified atom stereocenters. The molecule has 3 rings (SSSR count). The summed E-state index contributed by atoms with van der Waals surface area (Å²) in [6, 6.07) is 19.2. The number of amides is 1. The molecule has 0 aliphatic carbocycles. The predicted octanol–water partition coefficient (Wildman–Crippen LogP) is 4.67. The number of rotatable bonds is 6. The van der Waals surface area contributed by atoms with Crippen LogP contribution < -0.4 is 5.32 Å². The summed E-state index contributed by atoms with van der Waals surface area (Å²) in [5, 5.41) is 13.8. The zero-order chi connectivity index (χ0) is 21.7. The number of ether oxygens (including phenoxy) is 1. The molecule has 1 N–H and O–H groups in total. The van der Waals surface area contributed by atoms with Crippen LogP contribution in [-0.2, 0) is 9.53 Å². The Morgan fingerprint density at radius 3 is 2.33 bits per heavy atom. The molecule has 0 atom stereocenters. The number of carbonyl (C=O) groups is 2. The number of nitrogens with one attached hydrogen (secondary N) is 1. The van der Waals surface area contributed by atoms with E-state index in [4.69, 9.17) is 4.74 Å². The maximum atomic E-state index is 12.6. The van der Waals surface area contributed by atoms with Crippen molar-refractivity contribution in [1.29, 1.82) is 0 Å². The minimum atomic E-state index is -0.655. The van der Waals surface area contributed by atoms with Crippen LogP contribution in [0.5, 0.6) is 0 Å². The molecule has 0 fully saturated rings. The second-order valence-electron chi connectivity index (χ2n) is 6.69. The average Bonchev–Trinajstić information content (AvgIpc) is 2.75. The van der Waals surface area contributed by atoms with E-state index in [-0.39, 0.29) is 11.4 Å². The summed E-state index contributed by atoms with van der Waals surface area (Å²) in [7, 11) is 0. The van der Waals surface area contributed by atoms with E-state index in [2.05, 4.69) is 5.32 Å². The van der Waals surface area contributed by atoms with E-state index in [0.717, 1.165) is 11.1 Å². The number of nitro groups is 1. The normalized spacial score (nSPS) is 10.3. The third-order valence-electron chi connectivity index (χ3n) is 4.74. The van der Waals surface area contributed by atoms with Crippen LogP contribution in [0.15, 0.2) is 66.7 Å². The molecule has 7 heteroatoms. The highest BCUT2D eigenvalue weighted by molar-refractivity contribution is 6.00. The van der Waals surface area contributed by atoms with E-state index < -0.39 is 23.4 Å². The quantitative estimate of drug-likeness (QED) is 0.366. The fraction of sp³-hybridized carbons (Fsp3) is 0.130. The second-order valence-corrected chi connectivity index (χ2v) is 6.69. The van der Waals surface area contributed by atoms with E-state index in [1.807, 2.05) is 36.4 Å². The molecule has 3 aromatic rings. The molecule has 0 aliphatic heterocycles. The summed E-state index contributed by atoms with van der Waals surface area (Å²) in [4.78, 5) is 35.6. The SMILES string of the molecule is Cc1ccc([N+](=O)[O-])c(NC(=O)COC(=O)c2ccccc2-c2ccccc2)c1C. The van der Waals surface area contributed by atoms with E-state index in [1.165, 1.54) is 6.07 Å². The number of carbonyl (C=O) groups excluding carboxylic acids is 2. The number of benzene rings is 3. The van der Waals surface area contributed by atoms with Crippen LogP contribution in [0.25, 0.3) is 11.1 Å².